The van der Waals surface area contributed by atoms with Crippen LogP contribution in [0.5, 0.6) is 5.75 Å². The average Bonchev–Trinajstić information content (AvgIpc) is 2.33. The molecule has 0 saturated carbocycles. The molecule has 0 spiro atoms. The molecular weight excluding hydrogens is 240 g/mol. The molecule has 96 valence electrons. The van der Waals surface area contributed by atoms with Gasteiger partial charge < -0.3 is 20.8 Å². The molecule has 0 aliphatic rings. The lowest BCUT2D eigenvalue weighted by molar-refractivity contribution is -0.137. The van der Waals surface area contributed by atoms with Crippen molar-refractivity contribution in [2.75, 3.05) is 13.1 Å². The Morgan fingerprint density at radius 1 is 1.11 bits per heavy atom. The zero-order valence-electron chi connectivity index (χ0n) is 9.34. The van der Waals surface area contributed by atoms with Crippen LogP contribution in [0.1, 0.15) is 10.4 Å². The molecule has 0 saturated heterocycles. The highest BCUT2D eigenvalue weighted by atomic mass is 16.4. The van der Waals surface area contributed by atoms with E-state index in [0.717, 1.165) is 0 Å². The third-order valence-electron chi connectivity index (χ3n) is 1.95. The SMILES string of the molecule is O=C(O)CNC(=O)CNC(=O)c1cccc(O)c1. The van der Waals surface area contributed by atoms with Gasteiger partial charge in [-0.25, -0.2) is 0 Å². The highest BCUT2D eigenvalue weighted by Gasteiger charge is 2.08. The van der Waals surface area contributed by atoms with Crippen LogP contribution in [0.4, 0.5) is 0 Å². The Morgan fingerprint density at radius 2 is 1.83 bits per heavy atom. The Balaban J connectivity index is 2.42. The Labute approximate surface area is 102 Å². The molecule has 2 amide bonds. The summed E-state index contributed by atoms with van der Waals surface area (Å²) in [5.74, 6) is -2.36. The highest BCUT2D eigenvalue weighted by Crippen LogP contribution is 2.10. The fraction of sp³-hybridized carbons (Fsp3) is 0.182. The fourth-order valence-corrected chi connectivity index (χ4v) is 1.15. The normalized spacial score (nSPS) is 9.56. The zero-order chi connectivity index (χ0) is 13.5. The first kappa shape index (κ1) is 13.5. The number of phenolic OH excluding ortho intramolecular Hbond substituents is 1. The number of aromatic hydroxyl groups is 1. The standard InChI is InChI=1S/C11H12N2O5/c14-8-3-1-2-7(4-8)11(18)13-5-9(15)12-6-10(16)17/h1-4,14H,5-6H2,(H,12,15)(H,13,18)(H,16,17). The first-order chi connectivity index (χ1) is 8.49. The van der Waals surface area contributed by atoms with E-state index >= 15 is 0 Å². The lowest BCUT2D eigenvalue weighted by atomic mass is 10.2. The number of carboxylic acids is 1. The lowest BCUT2D eigenvalue weighted by Crippen LogP contribution is -2.38. The first-order valence-corrected chi connectivity index (χ1v) is 5.05. The maximum absolute atomic E-state index is 11.5. The number of amides is 2. The Kier molecular flexibility index (Phi) is 4.67. The summed E-state index contributed by atoms with van der Waals surface area (Å²) < 4.78 is 0. The van der Waals surface area contributed by atoms with Gasteiger partial charge in [0.1, 0.15) is 12.3 Å². The quantitative estimate of drug-likeness (QED) is 0.554. The molecular formula is C11H12N2O5. The minimum atomic E-state index is -1.16. The van der Waals surface area contributed by atoms with Crippen molar-refractivity contribution in [2.24, 2.45) is 0 Å². The van der Waals surface area contributed by atoms with E-state index in [1.807, 2.05) is 0 Å². The molecule has 4 N–H and O–H groups in total. The predicted octanol–water partition coefficient (Wildman–Crippen LogP) is -0.677. The van der Waals surface area contributed by atoms with Gasteiger partial charge in [-0.1, -0.05) is 6.07 Å². The van der Waals surface area contributed by atoms with Crippen molar-refractivity contribution in [3.63, 3.8) is 0 Å². The van der Waals surface area contributed by atoms with E-state index in [0.29, 0.717) is 0 Å². The van der Waals surface area contributed by atoms with Gasteiger partial charge in [-0.2, -0.15) is 0 Å². The summed E-state index contributed by atoms with van der Waals surface area (Å²) in [6, 6.07) is 5.64. The zero-order valence-corrected chi connectivity index (χ0v) is 9.34. The van der Waals surface area contributed by atoms with Crippen molar-refractivity contribution < 1.29 is 24.6 Å². The predicted molar refractivity (Wildman–Crippen MR) is 61.1 cm³/mol. The topological polar surface area (TPSA) is 116 Å². The molecule has 1 rings (SSSR count). The maximum Gasteiger partial charge on any atom is 0.322 e. The first-order valence-electron chi connectivity index (χ1n) is 5.05. The molecule has 18 heavy (non-hydrogen) atoms. The molecule has 0 radical (unpaired) electrons. The van der Waals surface area contributed by atoms with Crippen molar-refractivity contribution >= 4 is 17.8 Å². The van der Waals surface area contributed by atoms with Crippen LogP contribution in [0, 0.1) is 0 Å². The summed E-state index contributed by atoms with van der Waals surface area (Å²) in [4.78, 5) is 32.8. The third-order valence-corrected chi connectivity index (χ3v) is 1.95. The van der Waals surface area contributed by atoms with Crippen LogP contribution in [0.15, 0.2) is 24.3 Å². The maximum atomic E-state index is 11.5. The van der Waals surface area contributed by atoms with Gasteiger partial charge in [0, 0.05) is 5.56 Å². The van der Waals surface area contributed by atoms with Crippen LogP contribution in [0.2, 0.25) is 0 Å². The molecule has 0 unspecified atom stereocenters. The fourth-order valence-electron chi connectivity index (χ4n) is 1.15. The Hall–Kier alpha value is -2.57. The highest BCUT2D eigenvalue weighted by molar-refractivity contribution is 5.96. The molecule has 0 fully saturated rings. The minimum absolute atomic E-state index is 0.0574. The van der Waals surface area contributed by atoms with Gasteiger partial charge in [-0.15, -0.1) is 0 Å². The van der Waals surface area contributed by atoms with Crippen molar-refractivity contribution in [2.45, 2.75) is 0 Å². The summed E-state index contributed by atoms with van der Waals surface area (Å²) in [7, 11) is 0. The van der Waals surface area contributed by atoms with E-state index in [1.54, 1.807) is 0 Å². The van der Waals surface area contributed by atoms with E-state index in [-0.39, 0.29) is 17.9 Å². The van der Waals surface area contributed by atoms with Crippen LogP contribution in [-0.4, -0.2) is 41.1 Å². The van der Waals surface area contributed by atoms with Crippen LogP contribution >= 0.6 is 0 Å². The van der Waals surface area contributed by atoms with Crippen molar-refractivity contribution in [3.8, 4) is 5.75 Å². The van der Waals surface area contributed by atoms with Gasteiger partial charge in [0.25, 0.3) is 5.91 Å². The number of hydrogen-bond donors (Lipinski definition) is 4. The Bertz CT molecular complexity index is 472. The molecule has 0 atom stereocenters. The van der Waals surface area contributed by atoms with Crippen LogP contribution in [0.3, 0.4) is 0 Å². The number of carbonyl (C=O) groups is 3. The van der Waals surface area contributed by atoms with Crippen molar-refractivity contribution in [1.82, 2.24) is 10.6 Å². The number of rotatable bonds is 5. The smallest absolute Gasteiger partial charge is 0.322 e. The average molecular weight is 252 g/mol. The van der Waals surface area contributed by atoms with E-state index in [9.17, 15) is 14.4 Å². The van der Waals surface area contributed by atoms with E-state index in [2.05, 4.69) is 10.6 Å². The van der Waals surface area contributed by atoms with E-state index in [4.69, 9.17) is 10.2 Å². The second-order valence-corrected chi connectivity index (χ2v) is 3.40. The summed E-state index contributed by atoms with van der Waals surface area (Å²) in [5, 5.41) is 21.9. The third kappa shape index (κ3) is 4.52. The molecule has 1 aromatic rings. The Morgan fingerprint density at radius 3 is 2.44 bits per heavy atom. The summed E-state index contributed by atoms with van der Waals surface area (Å²) in [5.41, 5.74) is 0.209. The van der Waals surface area contributed by atoms with Gasteiger partial charge in [0.2, 0.25) is 5.91 Å². The van der Waals surface area contributed by atoms with Crippen LogP contribution in [0.25, 0.3) is 0 Å². The van der Waals surface area contributed by atoms with Gasteiger partial charge in [0.05, 0.1) is 6.54 Å². The largest absolute Gasteiger partial charge is 0.508 e. The number of nitrogens with one attached hydrogen (secondary N) is 2. The molecule has 0 heterocycles. The number of carbonyl (C=O) groups excluding carboxylic acids is 2. The number of aliphatic carboxylic acids is 1. The van der Waals surface area contributed by atoms with Crippen LogP contribution in [-0.2, 0) is 9.59 Å². The minimum Gasteiger partial charge on any atom is -0.508 e. The van der Waals surface area contributed by atoms with E-state index in [1.165, 1.54) is 24.3 Å². The molecule has 0 bridgehead atoms. The van der Waals surface area contributed by atoms with Crippen LogP contribution < -0.4 is 10.6 Å². The van der Waals surface area contributed by atoms with Gasteiger partial charge in [-0.05, 0) is 18.2 Å². The molecule has 0 aliphatic heterocycles. The molecule has 7 nitrogen and oxygen atoms in total. The van der Waals surface area contributed by atoms with E-state index < -0.39 is 24.3 Å². The molecule has 7 heteroatoms. The van der Waals surface area contributed by atoms with Crippen molar-refractivity contribution in [1.29, 1.82) is 0 Å². The second-order valence-electron chi connectivity index (χ2n) is 3.40. The van der Waals surface area contributed by atoms with Gasteiger partial charge in [-0.3, -0.25) is 14.4 Å². The number of phenols is 1. The molecule has 0 aliphatic carbocycles. The van der Waals surface area contributed by atoms with Gasteiger partial charge in [0.15, 0.2) is 0 Å². The number of carboxylic acid groups (broad SMARTS) is 1. The number of hydrogen-bond acceptors (Lipinski definition) is 4. The lowest BCUT2D eigenvalue weighted by Gasteiger charge is -2.05. The summed E-state index contributed by atoms with van der Waals surface area (Å²) >= 11 is 0. The van der Waals surface area contributed by atoms with Crippen molar-refractivity contribution in [3.05, 3.63) is 29.8 Å². The number of benzene rings is 1. The summed E-state index contributed by atoms with van der Waals surface area (Å²) in [6.07, 6.45) is 0. The molecule has 0 aromatic heterocycles. The monoisotopic (exact) mass is 252 g/mol. The second kappa shape index (κ2) is 6.24. The summed E-state index contributed by atoms with van der Waals surface area (Å²) in [6.45, 7) is -0.831. The molecule has 1 aromatic carbocycles. The van der Waals surface area contributed by atoms with Gasteiger partial charge >= 0.3 is 5.97 Å².